The Morgan fingerprint density at radius 1 is 1.63 bits per heavy atom. The largest absolute Gasteiger partial charge is 0.336 e. The zero-order valence-corrected chi connectivity index (χ0v) is 11.0. The van der Waals surface area contributed by atoms with Gasteiger partial charge in [-0.3, -0.25) is 10.2 Å². The first-order chi connectivity index (χ1) is 9.15. The zero-order chi connectivity index (χ0) is 13.7. The zero-order valence-electron chi connectivity index (χ0n) is 10.2. The maximum Gasteiger partial charge on any atom is 0.319 e. The van der Waals surface area contributed by atoms with Crippen LogP contribution in [0.15, 0.2) is 6.20 Å². The number of aromatic nitrogens is 2. The smallest absolute Gasteiger partial charge is 0.319 e. The van der Waals surface area contributed by atoms with Gasteiger partial charge >= 0.3 is 6.03 Å². The number of rotatable bonds is 5. The molecule has 9 heteroatoms. The van der Waals surface area contributed by atoms with Crippen LogP contribution in [-0.4, -0.2) is 52.6 Å². The highest BCUT2D eigenvalue weighted by molar-refractivity contribution is 7.10. The fourth-order valence-electron chi connectivity index (χ4n) is 2.13. The van der Waals surface area contributed by atoms with E-state index in [0.717, 1.165) is 24.4 Å². The molecule has 0 spiro atoms. The fourth-order valence-corrected chi connectivity index (χ4v) is 2.55. The van der Waals surface area contributed by atoms with Gasteiger partial charge in [0.1, 0.15) is 5.00 Å². The molecule has 1 saturated heterocycles. The van der Waals surface area contributed by atoms with Crippen LogP contribution in [0.4, 0.5) is 18.6 Å². The number of nitrogens with one attached hydrogen (secondary N) is 2. The van der Waals surface area contributed by atoms with Gasteiger partial charge in [-0.15, -0.1) is 5.10 Å². The number of hydrogen-bond donors (Lipinski definition) is 2. The second-order valence-electron chi connectivity index (χ2n) is 4.30. The molecule has 2 rings (SSSR count). The van der Waals surface area contributed by atoms with Gasteiger partial charge in [0, 0.05) is 24.1 Å². The number of hydrogen-bond acceptors (Lipinski definition) is 5. The van der Waals surface area contributed by atoms with Crippen LogP contribution in [0.5, 0.6) is 0 Å². The van der Waals surface area contributed by atoms with Gasteiger partial charge in [0.2, 0.25) is 0 Å². The average molecular weight is 291 g/mol. The third-order valence-electron chi connectivity index (χ3n) is 2.97. The molecule has 2 amide bonds. The maximum absolute atomic E-state index is 12.4. The Morgan fingerprint density at radius 2 is 2.47 bits per heavy atom. The number of carbonyl (C=O) groups excluding carboxylic acids is 1. The van der Waals surface area contributed by atoms with Crippen LogP contribution < -0.4 is 10.6 Å². The predicted molar refractivity (Wildman–Crippen MR) is 67.5 cm³/mol. The first kappa shape index (κ1) is 14.1. The number of nitrogens with zero attached hydrogens (tertiary/aromatic N) is 3. The minimum atomic E-state index is -2.34. The van der Waals surface area contributed by atoms with E-state index in [1.165, 1.54) is 6.20 Å². The Labute approximate surface area is 113 Å². The van der Waals surface area contributed by atoms with Crippen LogP contribution in [0.2, 0.25) is 0 Å². The summed E-state index contributed by atoms with van der Waals surface area (Å²) in [5.74, 6) is 0. The second-order valence-corrected chi connectivity index (χ2v) is 5.08. The van der Waals surface area contributed by atoms with E-state index in [0.29, 0.717) is 18.1 Å². The predicted octanol–water partition coefficient (Wildman–Crippen LogP) is 1.39. The molecule has 1 aromatic heterocycles. The summed E-state index contributed by atoms with van der Waals surface area (Å²) < 4.78 is 28.3. The van der Waals surface area contributed by atoms with Crippen LogP contribution >= 0.6 is 11.5 Å². The summed E-state index contributed by atoms with van der Waals surface area (Å²) in [7, 11) is 0. The van der Waals surface area contributed by atoms with Crippen LogP contribution in [-0.2, 0) is 0 Å². The van der Waals surface area contributed by atoms with Crippen molar-refractivity contribution in [3.05, 3.63) is 6.20 Å². The van der Waals surface area contributed by atoms with Crippen LogP contribution in [0.25, 0.3) is 0 Å². The molecule has 2 heterocycles. The van der Waals surface area contributed by atoms with Gasteiger partial charge in [0.15, 0.2) is 0 Å². The lowest BCUT2D eigenvalue weighted by Gasteiger charge is -2.24. The van der Waals surface area contributed by atoms with Crippen LogP contribution in [0, 0.1) is 0 Å². The lowest BCUT2D eigenvalue weighted by atomic mass is 10.2. The molecular weight excluding hydrogens is 276 g/mol. The fraction of sp³-hybridized carbons (Fsp3) is 0.700. The Hall–Kier alpha value is -1.35. The van der Waals surface area contributed by atoms with Crippen molar-refractivity contribution in [3.63, 3.8) is 0 Å². The third-order valence-corrected chi connectivity index (χ3v) is 3.55. The highest BCUT2D eigenvalue weighted by Gasteiger charge is 2.26. The second kappa shape index (κ2) is 6.71. The van der Waals surface area contributed by atoms with Crippen molar-refractivity contribution in [2.24, 2.45) is 0 Å². The van der Waals surface area contributed by atoms with Gasteiger partial charge in [-0.05, 0) is 19.4 Å². The van der Waals surface area contributed by atoms with Gasteiger partial charge in [0.05, 0.1) is 12.7 Å². The van der Waals surface area contributed by atoms with E-state index >= 15 is 0 Å². The topological polar surface area (TPSA) is 70.2 Å². The minimum Gasteiger partial charge on any atom is -0.336 e. The van der Waals surface area contributed by atoms with E-state index in [4.69, 9.17) is 0 Å². The summed E-state index contributed by atoms with van der Waals surface area (Å²) in [4.78, 5) is 13.3. The summed E-state index contributed by atoms with van der Waals surface area (Å²) >= 11 is 1.08. The number of alkyl halides is 2. The van der Waals surface area contributed by atoms with E-state index < -0.39 is 6.43 Å². The number of likely N-dealkylation sites (tertiary alicyclic amines) is 1. The molecule has 19 heavy (non-hydrogen) atoms. The van der Waals surface area contributed by atoms with E-state index in [9.17, 15) is 13.6 Å². The summed E-state index contributed by atoms with van der Waals surface area (Å²) in [5, 5.41) is 9.40. The number of halogens is 2. The molecule has 0 aromatic carbocycles. The van der Waals surface area contributed by atoms with Crippen molar-refractivity contribution < 1.29 is 13.6 Å². The van der Waals surface area contributed by atoms with E-state index in [-0.39, 0.29) is 18.6 Å². The lowest BCUT2D eigenvalue weighted by molar-refractivity contribution is 0.0826. The number of urea groups is 1. The molecule has 1 aliphatic rings. The Morgan fingerprint density at radius 3 is 3.16 bits per heavy atom. The van der Waals surface area contributed by atoms with Crippen molar-refractivity contribution in [1.82, 2.24) is 19.8 Å². The molecule has 1 atom stereocenters. The normalized spacial score (nSPS) is 19.8. The molecule has 1 aliphatic heterocycles. The van der Waals surface area contributed by atoms with Crippen molar-refractivity contribution in [2.75, 3.05) is 25.0 Å². The number of carbonyl (C=O) groups is 1. The van der Waals surface area contributed by atoms with Crippen molar-refractivity contribution in [2.45, 2.75) is 25.3 Å². The molecule has 0 aliphatic carbocycles. The SMILES string of the molecule is O=C(NCC1CCCN1CC(F)F)Nc1cnns1. The van der Waals surface area contributed by atoms with Gasteiger partial charge in [0.25, 0.3) is 6.43 Å². The number of anilines is 1. The summed E-state index contributed by atoms with van der Waals surface area (Å²) in [6.45, 7) is 0.800. The van der Waals surface area contributed by atoms with E-state index in [2.05, 4.69) is 20.2 Å². The third kappa shape index (κ3) is 4.35. The monoisotopic (exact) mass is 291 g/mol. The van der Waals surface area contributed by atoms with Crippen LogP contribution in [0.3, 0.4) is 0 Å². The van der Waals surface area contributed by atoms with Gasteiger partial charge in [-0.25, -0.2) is 13.6 Å². The molecule has 106 valence electrons. The molecule has 0 radical (unpaired) electrons. The standard InChI is InChI=1S/C10H15F2N5OS/c11-8(12)6-17-3-1-2-7(17)4-13-10(18)15-9-5-14-16-19-9/h5,7-8H,1-4,6H2,(H2,13,15,18). The molecule has 1 unspecified atom stereocenters. The van der Waals surface area contributed by atoms with Gasteiger partial charge in [-0.1, -0.05) is 4.49 Å². The lowest BCUT2D eigenvalue weighted by Crippen LogP contribution is -2.43. The highest BCUT2D eigenvalue weighted by Crippen LogP contribution is 2.17. The molecule has 6 nitrogen and oxygen atoms in total. The summed E-state index contributed by atoms with van der Waals surface area (Å²) in [6.07, 6.45) is 0.829. The number of amides is 2. The van der Waals surface area contributed by atoms with Gasteiger partial charge < -0.3 is 5.32 Å². The van der Waals surface area contributed by atoms with Crippen molar-refractivity contribution in [3.8, 4) is 0 Å². The highest BCUT2D eigenvalue weighted by atomic mass is 32.1. The van der Waals surface area contributed by atoms with Crippen LogP contribution in [0.1, 0.15) is 12.8 Å². The Balaban J connectivity index is 1.73. The molecule has 0 saturated carbocycles. The summed E-state index contributed by atoms with van der Waals surface area (Å²) in [6, 6.07) is -0.380. The van der Waals surface area contributed by atoms with E-state index in [1.807, 2.05) is 0 Å². The molecule has 1 aromatic rings. The van der Waals surface area contributed by atoms with E-state index in [1.54, 1.807) is 4.90 Å². The van der Waals surface area contributed by atoms with Crippen molar-refractivity contribution >= 4 is 22.6 Å². The molecule has 0 bridgehead atoms. The maximum atomic E-state index is 12.4. The Bertz CT molecular complexity index is 403. The quantitative estimate of drug-likeness (QED) is 0.860. The van der Waals surface area contributed by atoms with Gasteiger partial charge in [-0.2, -0.15) is 0 Å². The Kier molecular flexibility index (Phi) is 4.97. The average Bonchev–Trinajstić information content (AvgIpc) is 2.97. The molecule has 2 N–H and O–H groups in total. The first-order valence-corrected chi connectivity index (χ1v) is 6.77. The molecule has 1 fully saturated rings. The molecular formula is C10H15F2N5OS. The first-order valence-electron chi connectivity index (χ1n) is 5.99. The van der Waals surface area contributed by atoms with Crippen molar-refractivity contribution in [1.29, 1.82) is 0 Å². The summed E-state index contributed by atoms with van der Waals surface area (Å²) in [5.41, 5.74) is 0. The minimum absolute atomic E-state index is 0.0145.